The lowest BCUT2D eigenvalue weighted by Crippen LogP contribution is -2.07. The predicted molar refractivity (Wildman–Crippen MR) is 65.2 cm³/mol. The normalized spacial score (nSPS) is 13.1. The van der Waals surface area contributed by atoms with Crippen LogP contribution in [0.3, 0.4) is 0 Å². The van der Waals surface area contributed by atoms with E-state index in [4.69, 9.17) is 4.74 Å². The molecule has 0 spiro atoms. The molecule has 0 bridgehead atoms. The van der Waals surface area contributed by atoms with Crippen molar-refractivity contribution in [2.75, 3.05) is 5.01 Å². The average molecular weight is 226 g/mol. The molecule has 2 aromatic carbocycles. The maximum Gasteiger partial charge on any atom is 0.145 e. The molecule has 0 aromatic heterocycles. The predicted octanol–water partition coefficient (Wildman–Crippen LogP) is 3.40. The van der Waals surface area contributed by atoms with Crippen molar-refractivity contribution in [2.45, 2.75) is 6.61 Å². The second kappa shape index (κ2) is 3.90. The van der Waals surface area contributed by atoms with Gasteiger partial charge in [-0.25, -0.2) is 0 Å². The van der Waals surface area contributed by atoms with Crippen molar-refractivity contribution in [1.29, 1.82) is 0 Å². The highest BCUT2D eigenvalue weighted by Crippen LogP contribution is 2.39. The summed E-state index contributed by atoms with van der Waals surface area (Å²) < 4.78 is 5.67. The van der Waals surface area contributed by atoms with Gasteiger partial charge in [0.1, 0.15) is 18.0 Å². The first kappa shape index (κ1) is 9.84. The third-order valence-electron chi connectivity index (χ3n) is 2.78. The van der Waals surface area contributed by atoms with E-state index in [9.17, 15) is 4.91 Å². The Morgan fingerprint density at radius 2 is 1.71 bits per heavy atom. The van der Waals surface area contributed by atoms with Crippen molar-refractivity contribution in [3.63, 3.8) is 0 Å². The Bertz CT molecular complexity index is 521. The quantitative estimate of drug-likeness (QED) is 0.700. The van der Waals surface area contributed by atoms with Crippen LogP contribution in [0.25, 0.3) is 0 Å². The standard InChI is InChI=1S/C13H10N2O2/c16-14-15-11-6-2-1-5-10(11)9-17-13-8-4-3-7-12(13)15/h1-8H,9H2. The maximum atomic E-state index is 11.1. The maximum absolute atomic E-state index is 11.1. The molecule has 4 nitrogen and oxygen atoms in total. The smallest absolute Gasteiger partial charge is 0.145 e. The molecule has 1 heterocycles. The van der Waals surface area contributed by atoms with Gasteiger partial charge in [-0.15, -0.1) is 4.91 Å². The third-order valence-corrected chi connectivity index (χ3v) is 2.78. The van der Waals surface area contributed by atoms with E-state index in [0.29, 0.717) is 18.0 Å². The van der Waals surface area contributed by atoms with Crippen LogP contribution in [-0.4, -0.2) is 0 Å². The summed E-state index contributed by atoms with van der Waals surface area (Å²) in [5, 5.41) is 4.47. The highest BCUT2D eigenvalue weighted by molar-refractivity contribution is 5.71. The van der Waals surface area contributed by atoms with Gasteiger partial charge >= 0.3 is 0 Å². The van der Waals surface area contributed by atoms with Gasteiger partial charge in [-0.2, -0.15) is 5.01 Å². The fourth-order valence-electron chi connectivity index (χ4n) is 1.97. The summed E-state index contributed by atoms with van der Waals surface area (Å²) in [5.74, 6) is 0.670. The highest BCUT2D eigenvalue weighted by atomic mass is 16.5. The van der Waals surface area contributed by atoms with Crippen LogP contribution in [0.5, 0.6) is 5.75 Å². The fourth-order valence-corrected chi connectivity index (χ4v) is 1.97. The Morgan fingerprint density at radius 3 is 2.53 bits per heavy atom. The van der Waals surface area contributed by atoms with E-state index < -0.39 is 0 Å². The van der Waals surface area contributed by atoms with E-state index in [-0.39, 0.29) is 0 Å². The molecule has 4 heteroatoms. The molecule has 3 rings (SSSR count). The fraction of sp³-hybridized carbons (Fsp3) is 0.0769. The van der Waals surface area contributed by atoms with E-state index in [0.717, 1.165) is 11.3 Å². The minimum atomic E-state index is 0.444. The first-order valence-corrected chi connectivity index (χ1v) is 5.33. The Labute approximate surface area is 98.4 Å². The van der Waals surface area contributed by atoms with Gasteiger partial charge in [0.25, 0.3) is 0 Å². The van der Waals surface area contributed by atoms with E-state index in [1.807, 2.05) is 48.5 Å². The average Bonchev–Trinajstić information content (AvgIpc) is 2.55. The van der Waals surface area contributed by atoms with Crippen LogP contribution < -0.4 is 9.75 Å². The van der Waals surface area contributed by atoms with Crippen LogP contribution >= 0.6 is 0 Å². The van der Waals surface area contributed by atoms with E-state index >= 15 is 0 Å². The number of hydrogen-bond donors (Lipinski definition) is 0. The van der Waals surface area contributed by atoms with Crippen LogP contribution in [0.1, 0.15) is 5.56 Å². The van der Waals surface area contributed by atoms with Gasteiger partial charge in [0.2, 0.25) is 0 Å². The van der Waals surface area contributed by atoms with Crippen molar-refractivity contribution < 1.29 is 4.74 Å². The molecule has 1 aliphatic heterocycles. The molecule has 0 amide bonds. The zero-order valence-corrected chi connectivity index (χ0v) is 9.04. The number of nitroso groups, excluding NO2 is 1. The molecule has 0 N–H and O–H groups in total. The Morgan fingerprint density at radius 1 is 1.00 bits per heavy atom. The second-order valence-corrected chi connectivity index (χ2v) is 3.78. The molecule has 0 unspecified atom stereocenters. The number of anilines is 2. The molecular weight excluding hydrogens is 216 g/mol. The van der Waals surface area contributed by atoms with E-state index in [2.05, 4.69) is 5.29 Å². The molecule has 0 saturated heterocycles. The number of nitrogens with zero attached hydrogens (tertiary/aromatic N) is 2. The monoisotopic (exact) mass is 226 g/mol. The van der Waals surface area contributed by atoms with Crippen molar-refractivity contribution in [2.24, 2.45) is 5.29 Å². The molecule has 0 atom stereocenters. The van der Waals surface area contributed by atoms with Crippen LogP contribution in [0, 0.1) is 4.91 Å². The zero-order chi connectivity index (χ0) is 11.7. The number of hydrogen-bond acceptors (Lipinski definition) is 3. The molecule has 0 aliphatic carbocycles. The number of benzene rings is 2. The molecule has 1 aliphatic rings. The lowest BCUT2D eigenvalue weighted by Gasteiger charge is -2.15. The lowest BCUT2D eigenvalue weighted by molar-refractivity contribution is 0.310. The summed E-state index contributed by atoms with van der Waals surface area (Å²) in [6, 6.07) is 15.0. The highest BCUT2D eigenvalue weighted by Gasteiger charge is 2.21. The second-order valence-electron chi connectivity index (χ2n) is 3.78. The lowest BCUT2D eigenvalue weighted by atomic mass is 10.2. The molecule has 84 valence electrons. The van der Waals surface area contributed by atoms with Gasteiger partial charge in [-0.3, -0.25) is 0 Å². The Hall–Kier alpha value is -2.36. The van der Waals surface area contributed by atoms with Gasteiger partial charge in [0.15, 0.2) is 0 Å². The molecular formula is C13H10N2O2. The molecule has 17 heavy (non-hydrogen) atoms. The first-order valence-electron chi connectivity index (χ1n) is 5.33. The molecule has 0 saturated carbocycles. The van der Waals surface area contributed by atoms with Crippen molar-refractivity contribution in [1.82, 2.24) is 0 Å². The summed E-state index contributed by atoms with van der Waals surface area (Å²) in [4.78, 5) is 11.1. The van der Waals surface area contributed by atoms with Gasteiger partial charge < -0.3 is 4.74 Å². The molecule has 2 aromatic rings. The van der Waals surface area contributed by atoms with Crippen molar-refractivity contribution in [3.8, 4) is 5.75 Å². The summed E-state index contributed by atoms with van der Waals surface area (Å²) in [6.45, 7) is 0.444. The molecule has 0 fully saturated rings. The Kier molecular flexibility index (Phi) is 2.26. The van der Waals surface area contributed by atoms with Gasteiger partial charge in [0.05, 0.1) is 11.0 Å². The van der Waals surface area contributed by atoms with Crippen molar-refractivity contribution in [3.05, 3.63) is 59.0 Å². The summed E-state index contributed by atoms with van der Waals surface area (Å²) in [5.41, 5.74) is 2.39. The van der Waals surface area contributed by atoms with Gasteiger partial charge in [-0.1, -0.05) is 30.3 Å². The van der Waals surface area contributed by atoms with Crippen molar-refractivity contribution >= 4 is 11.4 Å². The molecule has 0 radical (unpaired) electrons. The topological polar surface area (TPSA) is 41.9 Å². The van der Waals surface area contributed by atoms with Crippen LogP contribution in [0.2, 0.25) is 0 Å². The van der Waals surface area contributed by atoms with Crippen LogP contribution in [0.15, 0.2) is 53.8 Å². The van der Waals surface area contributed by atoms with Crippen LogP contribution in [-0.2, 0) is 6.61 Å². The largest absolute Gasteiger partial charge is 0.487 e. The SMILES string of the molecule is O=NN1c2ccccc2COc2ccccc21. The Balaban J connectivity index is 2.22. The summed E-state index contributed by atoms with van der Waals surface area (Å²) >= 11 is 0. The first-order chi connectivity index (χ1) is 8.40. The third kappa shape index (κ3) is 1.54. The van der Waals surface area contributed by atoms with E-state index in [1.54, 1.807) is 0 Å². The number of para-hydroxylation sites is 3. The summed E-state index contributed by atoms with van der Waals surface area (Å²) in [6.07, 6.45) is 0. The number of ether oxygens (including phenoxy) is 1. The van der Waals surface area contributed by atoms with Crippen LogP contribution in [0.4, 0.5) is 11.4 Å². The zero-order valence-electron chi connectivity index (χ0n) is 9.04. The minimum Gasteiger partial charge on any atom is -0.487 e. The van der Waals surface area contributed by atoms with Gasteiger partial charge in [0, 0.05) is 5.56 Å². The number of fused-ring (bicyclic) bond motifs is 2. The summed E-state index contributed by atoms with van der Waals surface area (Å²) in [7, 11) is 0. The van der Waals surface area contributed by atoms with E-state index in [1.165, 1.54) is 5.01 Å². The van der Waals surface area contributed by atoms with Gasteiger partial charge in [-0.05, 0) is 18.2 Å². The number of rotatable bonds is 1. The minimum absolute atomic E-state index is 0.444.